The largest absolute Gasteiger partial charge is 0.344 e. The molecule has 1 aromatic carbocycles. The number of alkyl halides is 2. The van der Waals surface area contributed by atoms with Crippen LogP contribution in [0.25, 0.3) is 10.9 Å². The highest BCUT2D eigenvalue weighted by atomic mass is 79.9. The van der Waals surface area contributed by atoms with E-state index in [0.29, 0.717) is 18.5 Å². The zero-order valence-corrected chi connectivity index (χ0v) is 14.7. The second-order valence-electron chi connectivity index (χ2n) is 6.39. The Bertz CT molecular complexity index is 754. The lowest BCUT2D eigenvalue weighted by Gasteiger charge is -2.32. The molecule has 3 rings (SSSR count). The van der Waals surface area contributed by atoms with Crippen LogP contribution in [0.2, 0.25) is 0 Å². The van der Waals surface area contributed by atoms with Crippen molar-refractivity contribution in [2.75, 3.05) is 13.1 Å². The third-order valence-corrected chi connectivity index (χ3v) is 4.76. The number of likely N-dealkylation sites (tertiary alicyclic amines) is 1. The fourth-order valence-corrected chi connectivity index (χ4v) is 3.48. The van der Waals surface area contributed by atoms with E-state index in [4.69, 9.17) is 0 Å². The molecule has 1 amide bonds. The monoisotopic (exact) mass is 384 g/mol. The molecule has 2 heterocycles. The van der Waals surface area contributed by atoms with Gasteiger partial charge in [0.15, 0.2) is 0 Å². The predicted octanol–water partition coefficient (Wildman–Crippen LogP) is 4.86. The van der Waals surface area contributed by atoms with E-state index in [9.17, 15) is 13.6 Å². The highest BCUT2D eigenvalue weighted by molar-refractivity contribution is 9.10. The molecule has 124 valence electrons. The van der Waals surface area contributed by atoms with E-state index in [0.717, 1.165) is 15.4 Å². The van der Waals surface area contributed by atoms with Gasteiger partial charge in [0.2, 0.25) is 0 Å². The molecule has 0 radical (unpaired) electrons. The SMILES string of the molecule is CC(C)n1cc(C(=O)N2CCCC(F)(F)C2)c2ccc(Br)cc21. The number of benzene rings is 1. The molecule has 0 saturated carbocycles. The smallest absolute Gasteiger partial charge is 0.265 e. The lowest BCUT2D eigenvalue weighted by molar-refractivity contribution is -0.0560. The van der Waals surface area contributed by atoms with Gasteiger partial charge >= 0.3 is 0 Å². The molecular weight excluding hydrogens is 366 g/mol. The van der Waals surface area contributed by atoms with E-state index in [1.807, 2.05) is 36.6 Å². The Kier molecular flexibility index (Phi) is 4.21. The molecular formula is C17H19BrF2N2O. The van der Waals surface area contributed by atoms with Gasteiger partial charge in [-0.05, 0) is 32.4 Å². The number of carbonyl (C=O) groups excluding carboxylic acids is 1. The van der Waals surface area contributed by atoms with Crippen LogP contribution in [0, 0.1) is 0 Å². The Morgan fingerprint density at radius 1 is 1.35 bits per heavy atom. The van der Waals surface area contributed by atoms with Crippen LogP contribution in [-0.4, -0.2) is 34.4 Å². The van der Waals surface area contributed by atoms with E-state index < -0.39 is 12.5 Å². The Labute approximate surface area is 142 Å². The fourth-order valence-electron chi connectivity index (χ4n) is 3.13. The molecule has 1 aliphatic rings. The number of hydrogen-bond acceptors (Lipinski definition) is 1. The highest BCUT2D eigenvalue weighted by Gasteiger charge is 2.37. The summed E-state index contributed by atoms with van der Waals surface area (Å²) in [7, 11) is 0. The van der Waals surface area contributed by atoms with Crippen LogP contribution in [0.3, 0.4) is 0 Å². The van der Waals surface area contributed by atoms with Crippen LogP contribution in [0.1, 0.15) is 43.1 Å². The van der Waals surface area contributed by atoms with E-state index >= 15 is 0 Å². The first-order chi connectivity index (χ1) is 10.8. The molecule has 0 bridgehead atoms. The summed E-state index contributed by atoms with van der Waals surface area (Å²) >= 11 is 3.45. The molecule has 3 nitrogen and oxygen atoms in total. The Hall–Kier alpha value is -1.43. The number of rotatable bonds is 2. The third-order valence-electron chi connectivity index (χ3n) is 4.26. The number of carbonyl (C=O) groups is 1. The molecule has 1 fully saturated rings. The number of aromatic nitrogens is 1. The fraction of sp³-hybridized carbons (Fsp3) is 0.471. The van der Waals surface area contributed by atoms with Gasteiger partial charge in [0.1, 0.15) is 0 Å². The molecule has 1 aliphatic heterocycles. The summed E-state index contributed by atoms with van der Waals surface area (Å²) in [5.41, 5.74) is 1.43. The molecule has 23 heavy (non-hydrogen) atoms. The van der Waals surface area contributed by atoms with Crippen molar-refractivity contribution in [3.63, 3.8) is 0 Å². The molecule has 0 atom stereocenters. The van der Waals surface area contributed by atoms with Crippen molar-refractivity contribution in [2.24, 2.45) is 0 Å². The molecule has 0 N–H and O–H groups in total. The maximum Gasteiger partial charge on any atom is 0.265 e. The summed E-state index contributed by atoms with van der Waals surface area (Å²) in [5.74, 6) is -3.09. The Morgan fingerprint density at radius 3 is 2.74 bits per heavy atom. The second-order valence-corrected chi connectivity index (χ2v) is 7.31. The maximum absolute atomic E-state index is 13.6. The Balaban J connectivity index is 2.04. The summed E-state index contributed by atoms with van der Waals surface area (Å²) in [4.78, 5) is 14.1. The molecule has 1 saturated heterocycles. The lowest BCUT2D eigenvalue weighted by atomic mass is 10.1. The van der Waals surface area contributed by atoms with Gasteiger partial charge in [-0.3, -0.25) is 4.79 Å². The van der Waals surface area contributed by atoms with E-state index in [-0.39, 0.29) is 18.4 Å². The normalized spacial score (nSPS) is 17.9. The van der Waals surface area contributed by atoms with Crippen LogP contribution < -0.4 is 0 Å². The standard InChI is InChI=1S/C17H19BrF2N2O/c1-11(2)22-9-14(13-5-4-12(18)8-15(13)22)16(23)21-7-3-6-17(19,20)10-21/h4-5,8-9,11H,3,6-7,10H2,1-2H3. The van der Waals surface area contributed by atoms with Crippen LogP contribution in [0.4, 0.5) is 8.78 Å². The van der Waals surface area contributed by atoms with Crippen LogP contribution >= 0.6 is 15.9 Å². The van der Waals surface area contributed by atoms with Gasteiger partial charge in [0.05, 0.1) is 17.6 Å². The quantitative estimate of drug-likeness (QED) is 0.725. The number of hydrogen-bond donors (Lipinski definition) is 0. The summed E-state index contributed by atoms with van der Waals surface area (Å²) in [6, 6.07) is 5.87. The molecule has 0 aliphatic carbocycles. The lowest BCUT2D eigenvalue weighted by Crippen LogP contribution is -2.45. The average molecular weight is 385 g/mol. The van der Waals surface area contributed by atoms with Crippen molar-refractivity contribution < 1.29 is 13.6 Å². The Morgan fingerprint density at radius 2 is 2.09 bits per heavy atom. The zero-order valence-electron chi connectivity index (χ0n) is 13.2. The number of halogens is 3. The first-order valence-electron chi connectivity index (χ1n) is 7.76. The van der Waals surface area contributed by atoms with Gasteiger partial charge in [-0.25, -0.2) is 8.78 Å². The van der Waals surface area contributed by atoms with Gasteiger partial charge in [0, 0.05) is 35.1 Å². The van der Waals surface area contributed by atoms with Gasteiger partial charge in [-0.1, -0.05) is 22.0 Å². The van der Waals surface area contributed by atoms with Crippen LogP contribution in [0.5, 0.6) is 0 Å². The topological polar surface area (TPSA) is 25.2 Å². The minimum absolute atomic E-state index is 0.141. The molecule has 0 unspecified atom stereocenters. The van der Waals surface area contributed by atoms with Crippen LogP contribution in [0.15, 0.2) is 28.9 Å². The van der Waals surface area contributed by atoms with Gasteiger partial charge in [0.25, 0.3) is 11.8 Å². The highest BCUT2D eigenvalue weighted by Crippen LogP contribution is 2.31. The minimum atomic E-state index is -2.78. The van der Waals surface area contributed by atoms with Crippen LogP contribution in [-0.2, 0) is 0 Å². The third kappa shape index (κ3) is 3.13. The van der Waals surface area contributed by atoms with Crippen molar-refractivity contribution >= 4 is 32.7 Å². The van der Waals surface area contributed by atoms with Crippen molar-refractivity contribution in [2.45, 2.75) is 38.7 Å². The van der Waals surface area contributed by atoms with Gasteiger partial charge < -0.3 is 9.47 Å². The number of amides is 1. The van der Waals surface area contributed by atoms with Crippen molar-refractivity contribution in [1.29, 1.82) is 0 Å². The van der Waals surface area contributed by atoms with E-state index in [2.05, 4.69) is 15.9 Å². The number of fused-ring (bicyclic) bond motifs is 1. The molecule has 0 spiro atoms. The predicted molar refractivity (Wildman–Crippen MR) is 90.1 cm³/mol. The second kappa shape index (κ2) is 5.89. The summed E-state index contributed by atoms with van der Waals surface area (Å²) in [5, 5.41) is 0.806. The zero-order chi connectivity index (χ0) is 16.8. The van der Waals surface area contributed by atoms with E-state index in [1.54, 1.807) is 6.20 Å². The van der Waals surface area contributed by atoms with E-state index in [1.165, 1.54) is 4.90 Å². The van der Waals surface area contributed by atoms with Gasteiger partial charge in [-0.15, -0.1) is 0 Å². The summed E-state index contributed by atoms with van der Waals surface area (Å²) in [6.07, 6.45) is 1.99. The van der Waals surface area contributed by atoms with Crippen molar-refractivity contribution in [1.82, 2.24) is 9.47 Å². The molecule has 1 aromatic heterocycles. The molecule has 6 heteroatoms. The summed E-state index contributed by atoms with van der Waals surface area (Å²) < 4.78 is 30.2. The first kappa shape index (κ1) is 16.4. The summed E-state index contributed by atoms with van der Waals surface area (Å²) in [6.45, 7) is 3.96. The maximum atomic E-state index is 13.6. The number of piperidine rings is 1. The average Bonchev–Trinajstić information content (AvgIpc) is 2.84. The first-order valence-corrected chi connectivity index (χ1v) is 8.55. The minimum Gasteiger partial charge on any atom is -0.344 e. The number of nitrogens with zero attached hydrogens (tertiary/aromatic N) is 2. The van der Waals surface area contributed by atoms with Crippen molar-refractivity contribution in [3.05, 3.63) is 34.4 Å². The molecule has 2 aromatic rings. The van der Waals surface area contributed by atoms with Gasteiger partial charge in [-0.2, -0.15) is 0 Å². The van der Waals surface area contributed by atoms with Crippen molar-refractivity contribution in [3.8, 4) is 0 Å².